The fourth-order valence-electron chi connectivity index (χ4n) is 3.78. The molecular weight excluding hydrogens is 384 g/mol. The van der Waals surface area contributed by atoms with Crippen LogP contribution in [0.5, 0.6) is 0 Å². The largest absolute Gasteiger partial charge is 0.392 e. The number of hydrogen-bond acceptors (Lipinski definition) is 5. The number of aromatic amines is 1. The van der Waals surface area contributed by atoms with E-state index in [1.165, 1.54) is 6.20 Å². The number of nitrogens with one attached hydrogen (secondary N) is 3. The Labute approximate surface area is 176 Å². The molecule has 1 heterocycles. The molecule has 1 aliphatic carbocycles. The Morgan fingerprint density at radius 1 is 1.30 bits per heavy atom. The van der Waals surface area contributed by atoms with Crippen LogP contribution in [-0.2, 0) is 22.7 Å². The van der Waals surface area contributed by atoms with Crippen molar-refractivity contribution in [3.05, 3.63) is 53.3 Å². The summed E-state index contributed by atoms with van der Waals surface area (Å²) >= 11 is 0. The minimum atomic E-state index is -0.206. The number of rotatable bonds is 9. The van der Waals surface area contributed by atoms with E-state index in [1.807, 2.05) is 31.2 Å². The van der Waals surface area contributed by atoms with E-state index in [1.54, 1.807) is 6.20 Å². The number of amides is 2. The van der Waals surface area contributed by atoms with Gasteiger partial charge in [0.15, 0.2) is 0 Å². The molecule has 0 saturated heterocycles. The summed E-state index contributed by atoms with van der Waals surface area (Å²) < 4.78 is 5.99. The van der Waals surface area contributed by atoms with Gasteiger partial charge in [0.2, 0.25) is 5.91 Å². The Morgan fingerprint density at radius 3 is 2.87 bits per heavy atom. The predicted octanol–water partition coefficient (Wildman–Crippen LogP) is 1.91. The van der Waals surface area contributed by atoms with Crippen molar-refractivity contribution < 1.29 is 19.4 Å². The van der Waals surface area contributed by atoms with Crippen molar-refractivity contribution in [1.29, 1.82) is 0 Å². The monoisotopic (exact) mass is 414 g/mol. The van der Waals surface area contributed by atoms with E-state index in [4.69, 9.17) is 4.74 Å². The van der Waals surface area contributed by atoms with Gasteiger partial charge < -0.3 is 20.5 Å². The molecule has 2 amide bonds. The first kappa shape index (κ1) is 22.0. The molecule has 1 fully saturated rings. The van der Waals surface area contributed by atoms with E-state index in [2.05, 4.69) is 20.8 Å². The minimum absolute atomic E-state index is 0.00545. The third kappa shape index (κ3) is 5.90. The summed E-state index contributed by atoms with van der Waals surface area (Å²) in [6.45, 7) is 3.02. The number of benzene rings is 1. The van der Waals surface area contributed by atoms with Gasteiger partial charge in [0.1, 0.15) is 0 Å². The molecule has 1 aliphatic rings. The van der Waals surface area contributed by atoms with E-state index in [0.717, 1.165) is 17.5 Å². The summed E-state index contributed by atoms with van der Waals surface area (Å²) in [4.78, 5) is 25.1. The summed E-state index contributed by atoms with van der Waals surface area (Å²) in [6, 6.07) is 7.39. The van der Waals surface area contributed by atoms with Crippen molar-refractivity contribution in [3.8, 4) is 0 Å². The smallest absolute Gasteiger partial charge is 0.254 e. The SMILES string of the molecule is CCCO[C@H]1C[C@@H](C(=O)NCc2cccc(CO)c2)CC[C@@H]1NC(=O)c1cn[nH]c1. The topological polar surface area (TPSA) is 116 Å². The number of aliphatic hydroxyl groups excluding tert-OH is 1. The molecular formula is C22H30N4O4. The Kier molecular flexibility index (Phi) is 7.98. The van der Waals surface area contributed by atoms with Gasteiger partial charge >= 0.3 is 0 Å². The first-order valence-electron chi connectivity index (χ1n) is 10.5. The van der Waals surface area contributed by atoms with E-state index in [0.29, 0.717) is 38.0 Å². The van der Waals surface area contributed by atoms with Crippen molar-refractivity contribution in [2.24, 2.45) is 5.92 Å². The van der Waals surface area contributed by atoms with Crippen LogP contribution in [0.25, 0.3) is 0 Å². The number of aliphatic hydroxyl groups is 1. The highest BCUT2D eigenvalue weighted by molar-refractivity contribution is 5.93. The lowest BCUT2D eigenvalue weighted by Crippen LogP contribution is -2.50. The number of H-pyrrole nitrogens is 1. The molecule has 8 nitrogen and oxygen atoms in total. The molecule has 1 saturated carbocycles. The highest BCUT2D eigenvalue weighted by Gasteiger charge is 2.35. The average molecular weight is 415 g/mol. The molecule has 1 aromatic carbocycles. The molecule has 1 aromatic heterocycles. The van der Waals surface area contributed by atoms with Crippen LogP contribution in [0.4, 0.5) is 0 Å². The third-order valence-corrected chi connectivity index (χ3v) is 5.42. The molecule has 2 aromatic rings. The Balaban J connectivity index is 1.56. The number of hydrogen-bond donors (Lipinski definition) is 4. The molecule has 3 rings (SSSR count). The van der Waals surface area contributed by atoms with Crippen LogP contribution in [0.2, 0.25) is 0 Å². The highest BCUT2D eigenvalue weighted by atomic mass is 16.5. The molecule has 30 heavy (non-hydrogen) atoms. The van der Waals surface area contributed by atoms with Gasteiger partial charge in [-0.3, -0.25) is 14.7 Å². The van der Waals surface area contributed by atoms with E-state index in [9.17, 15) is 14.7 Å². The molecule has 0 spiro atoms. The van der Waals surface area contributed by atoms with Crippen LogP contribution in [-0.4, -0.2) is 45.9 Å². The van der Waals surface area contributed by atoms with Gasteiger partial charge in [-0.25, -0.2) is 0 Å². The quantitative estimate of drug-likeness (QED) is 0.500. The zero-order valence-electron chi connectivity index (χ0n) is 17.3. The van der Waals surface area contributed by atoms with E-state index < -0.39 is 0 Å². The van der Waals surface area contributed by atoms with Gasteiger partial charge in [-0.15, -0.1) is 0 Å². The fourth-order valence-corrected chi connectivity index (χ4v) is 3.78. The standard InChI is InChI=1S/C22H30N4O4/c1-2-8-30-20-10-17(6-7-19(20)26-22(29)18-12-24-25-13-18)21(28)23-11-15-4-3-5-16(9-15)14-27/h3-5,9,12-13,17,19-20,27H,2,6-8,10-11,14H2,1H3,(H,23,28)(H,24,25)(H,26,29)/t17-,19-,20-/m0/s1. The van der Waals surface area contributed by atoms with Crippen molar-refractivity contribution in [2.75, 3.05) is 6.61 Å². The maximum Gasteiger partial charge on any atom is 0.254 e. The zero-order chi connectivity index (χ0) is 21.3. The van der Waals surface area contributed by atoms with Crippen molar-refractivity contribution in [3.63, 3.8) is 0 Å². The van der Waals surface area contributed by atoms with E-state index in [-0.39, 0.29) is 36.5 Å². The first-order chi connectivity index (χ1) is 14.6. The molecule has 0 bridgehead atoms. The highest BCUT2D eigenvalue weighted by Crippen LogP contribution is 2.28. The van der Waals surface area contributed by atoms with Crippen molar-refractivity contribution in [2.45, 2.75) is 57.9 Å². The molecule has 0 unspecified atom stereocenters. The van der Waals surface area contributed by atoms with Gasteiger partial charge in [0, 0.05) is 25.3 Å². The second-order valence-electron chi connectivity index (χ2n) is 7.68. The zero-order valence-corrected chi connectivity index (χ0v) is 17.3. The summed E-state index contributed by atoms with van der Waals surface area (Å²) in [5.41, 5.74) is 2.26. The lowest BCUT2D eigenvalue weighted by Gasteiger charge is -2.35. The van der Waals surface area contributed by atoms with Crippen LogP contribution < -0.4 is 10.6 Å². The van der Waals surface area contributed by atoms with E-state index >= 15 is 0 Å². The number of carbonyl (C=O) groups excluding carboxylic acids is 2. The summed E-state index contributed by atoms with van der Waals surface area (Å²) in [5, 5.41) is 21.7. The van der Waals surface area contributed by atoms with Crippen molar-refractivity contribution in [1.82, 2.24) is 20.8 Å². The van der Waals surface area contributed by atoms with Gasteiger partial charge in [0.25, 0.3) is 5.91 Å². The first-order valence-corrected chi connectivity index (χ1v) is 10.5. The Morgan fingerprint density at radius 2 is 2.13 bits per heavy atom. The molecule has 0 radical (unpaired) electrons. The molecule has 3 atom stereocenters. The second-order valence-corrected chi connectivity index (χ2v) is 7.68. The van der Waals surface area contributed by atoms with Gasteiger partial charge in [0.05, 0.1) is 30.5 Å². The number of aromatic nitrogens is 2. The molecule has 162 valence electrons. The van der Waals surface area contributed by atoms with Crippen LogP contribution in [0, 0.1) is 5.92 Å². The number of nitrogens with zero attached hydrogens (tertiary/aromatic N) is 1. The van der Waals surface area contributed by atoms with Crippen molar-refractivity contribution >= 4 is 11.8 Å². The Hall–Kier alpha value is -2.71. The fraction of sp³-hybridized carbons (Fsp3) is 0.500. The third-order valence-electron chi connectivity index (χ3n) is 5.42. The van der Waals surface area contributed by atoms with Gasteiger partial charge in [-0.05, 0) is 36.8 Å². The van der Waals surface area contributed by atoms with Crippen LogP contribution in [0.15, 0.2) is 36.7 Å². The minimum Gasteiger partial charge on any atom is -0.392 e. The maximum absolute atomic E-state index is 12.7. The maximum atomic E-state index is 12.7. The molecule has 4 N–H and O–H groups in total. The number of carbonyl (C=O) groups is 2. The molecule has 8 heteroatoms. The van der Waals surface area contributed by atoms with Gasteiger partial charge in [-0.1, -0.05) is 31.2 Å². The van der Waals surface area contributed by atoms with Crippen LogP contribution >= 0.6 is 0 Å². The van der Waals surface area contributed by atoms with Crippen LogP contribution in [0.3, 0.4) is 0 Å². The predicted molar refractivity (Wildman–Crippen MR) is 111 cm³/mol. The molecule has 0 aliphatic heterocycles. The van der Waals surface area contributed by atoms with Gasteiger partial charge in [-0.2, -0.15) is 5.10 Å². The summed E-state index contributed by atoms with van der Waals surface area (Å²) in [6.07, 6.45) is 5.64. The summed E-state index contributed by atoms with van der Waals surface area (Å²) in [7, 11) is 0. The Bertz CT molecular complexity index is 824. The lowest BCUT2D eigenvalue weighted by atomic mass is 9.83. The normalized spacial score (nSPS) is 21.2. The average Bonchev–Trinajstić information content (AvgIpc) is 3.32. The summed E-state index contributed by atoms with van der Waals surface area (Å²) in [5.74, 6) is -0.352. The second kappa shape index (κ2) is 10.9. The van der Waals surface area contributed by atoms with Crippen LogP contribution in [0.1, 0.15) is 54.1 Å². The lowest BCUT2D eigenvalue weighted by molar-refractivity contribution is -0.128. The number of ether oxygens (including phenoxy) is 1.